The second-order valence-electron chi connectivity index (χ2n) is 7.13. The summed E-state index contributed by atoms with van der Waals surface area (Å²) in [5.74, 6) is 0.617. The highest BCUT2D eigenvalue weighted by Gasteiger charge is 2.20. The predicted molar refractivity (Wildman–Crippen MR) is 109 cm³/mol. The maximum atomic E-state index is 12.4. The minimum absolute atomic E-state index is 0.0996. The van der Waals surface area contributed by atoms with Gasteiger partial charge in [-0.2, -0.15) is 0 Å². The molecule has 3 N–H and O–H groups in total. The molecule has 11 heteroatoms. The number of pyridine rings is 1. The molecule has 0 saturated heterocycles. The van der Waals surface area contributed by atoms with E-state index in [1.165, 1.54) is 4.57 Å². The molecule has 0 radical (unpaired) electrons. The first-order valence-corrected chi connectivity index (χ1v) is 11.3. The Balaban J connectivity index is 1.88. The molecule has 3 heterocycles. The van der Waals surface area contributed by atoms with Gasteiger partial charge in [-0.15, -0.1) is 0 Å². The lowest BCUT2D eigenvalue weighted by Crippen LogP contribution is -2.20. The molecule has 0 aliphatic rings. The summed E-state index contributed by atoms with van der Waals surface area (Å²) in [7, 11) is 1.21. The van der Waals surface area contributed by atoms with Crippen LogP contribution in [0, 0.1) is 0 Å². The summed E-state index contributed by atoms with van der Waals surface area (Å²) in [5, 5.41) is 0. The van der Waals surface area contributed by atoms with E-state index < -0.39 is 7.14 Å². The van der Waals surface area contributed by atoms with Crippen LogP contribution >= 0.6 is 7.14 Å². The topological polar surface area (TPSA) is 132 Å². The monoisotopic (exact) mass is 405 g/mol. The third kappa shape index (κ3) is 4.40. The predicted octanol–water partition coefficient (Wildman–Crippen LogP) is 0.334. The highest BCUT2D eigenvalue weighted by atomic mass is 31.2. The Hall–Kier alpha value is -2.71. The van der Waals surface area contributed by atoms with Crippen LogP contribution in [0.4, 0.5) is 5.82 Å². The van der Waals surface area contributed by atoms with Crippen molar-refractivity contribution in [2.24, 2.45) is 0 Å². The number of H-pyrrole nitrogens is 1. The number of ether oxygens (including phenoxy) is 1. The Morgan fingerprint density at radius 3 is 2.64 bits per heavy atom. The summed E-state index contributed by atoms with van der Waals surface area (Å²) in [6.45, 7) is 4.67. The van der Waals surface area contributed by atoms with Crippen LogP contribution in [0.5, 0.6) is 5.88 Å². The van der Waals surface area contributed by atoms with Crippen molar-refractivity contribution in [3.63, 3.8) is 0 Å². The van der Waals surface area contributed by atoms with Crippen molar-refractivity contribution in [3.8, 4) is 5.88 Å². The first kappa shape index (κ1) is 20.0. The molecule has 0 fully saturated rings. The van der Waals surface area contributed by atoms with E-state index in [2.05, 4.69) is 19.9 Å². The minimum atomic E-state index is -2.73. The largest absolute Gasteiger partial charge is 0.476 e. The van der Waals surface area contributed by atoms with Crippen LogP contribution in [0.2, 0.25) is 0 Å². The average Bonchev–Trinajstić information content (AvgIpc) is 2.92. The number of nitrogens with one attached hydrogen (secondary N) is 1. The molecule has 0 atom stereocenters. The minimum Gasteiger partial charge on any atom is -0.476 e. The maximum Gasteiger partial charge on any atom is 0.328 e. The fraction of sp³-hybridized carbons (Fsp3) is 0.412. The van der Waals surface area contributed by atoms with Crippen LogP contribution in [-0.2, 0) is 11.1 Å². The van der Waals surface area contributed by atoms with Crippen molar-refractivity contribution in [1.82, 2.24) is 29.4 Å². The molecular formula is C17H24N7O3P. The Morgan fingerprint density at radius 2 is 2.04 bits per heavy atom. The second-order valence-corrected chi connectivity index (χ2v) is 10.2. The van der Waals surface area contributed by atoms with Gasteiger partial charge in [0.2, 0.25) is 5.88 Å². The van der Waals surface area contributed by atoms with Crippen molar-refractivity contribution < 1.29 is 9.30 Å². The van der Waals surface area contributed by atoms with Crippen LogP contribution in [0.3, 0.4) is 0 Å². The summed E-state index contributed by atoms with van der Waals surface area (Å²) in [6.07, 6.45) is 1.65. The van der Waals surface area contributed by atoms with Gasteiger partial charge in [-0.3, -0.25) is 4.57 Å². The molecule has 0 unspecified atom stereocenters. The van der Waals surface area contributed by atoms with Crippen molar-refractivity contribution in [1.29, 1.82) is 0 Å². The average molecular weight is 405 g/mol. The number of fused-ring (bicyclic) bond motifs is 1. The molecule has 0 aliphatic heterocycles. The number of anilines is 1. The van der Waals surface area contributed by atoms with Gasteiger partial charge < -0.3 is 24.9 Å². The van der Waals surface area contributed by atoms with E-state index in [9.17, 15) is 9.36 Å². The lowest BCUT2D eigenvalue weighted by atomic mass is 10.3. The molecule has 0 aromatic carbocycles. The zero-order chi connectivity index (χ0) is 20.5. The molecule has 0 spiro atoms. The Kier molecular flexibility index (Phi) is 5.53. The number of imidazole rings is 1. The van der Waals surface area contributed by atoms with E-state index in [1.807, 2.05) is 25.1 Å². The van der Waals surface area contributed by atoms with E-state index >= 15 is 0 Å². The van der Waals surface area contributed by atoms with Crippen LogP contribution in [0.15, 0.2) is 23.1 Å². The first-order chi connectivity index (χ1) is 13.1. The van der Waals surface area contributed by atoms with Gasteiger partial charge in [-0.05, 0) is 33.0 Å². The molecule has 28 heavy (non-hydrogen) atoms. The summed E-state index contributed by atoms with van der Waals surface area (Å²) in [5.41, 5.74) is 7.15. The molecule has 3 rings (SSSR count). The van der Waals surface area contributed by atoms with Crippen molar-refractivity contribution in [2.75, 3.05) is 46.3 Å². The fourth-order valence-electron chi connectivity index (χ4n) is 2.53. The van der Waals surface area contributed by atoms with Crippen LogP contribution in [0.1, 0.15) is 5.56 Å². The quantitative estimate of drug-likeness (QED) is 0.538. The zero-order valence-electron chi connectivity index (χ0n) is 16.3. The molecule has 3 aromatic rings. The maximum absolute atomic E-state index is 12.4. The normalized spacial score (nSPS) is 12.0. The number of hydrogen-bond donors (Lipinski definition) is 2. The van der Waals surface area contributed by atoms with E-state index in [0.717, 1.165) is 12.1 Å². The molecule has 0 saturated carbocycles. The number of nitrogen functional groups attached to an aromatic ring is 1. The number of rotatable bonds is 7. The van der Waals surface area contributed by atoms with Gasteiger partial charge in [0.05, 0.1) is 6.54 Å². The molecule has 0 aliphatic carbocycles. The highest BCUT2D eigenvalue weighted by Crippen LogP contribution is 2.33. The Labute approximate surface area is 162 Å². The van der Waals surface area contributed by atoms with E-state index in [4.69, 9.17) is 10.5 Å². The molecule has 0 bridgehead atoms. The fourth-order valence-corrected chi connectivity index (χ4v) is 3.22. The summed E-state index contributed by atoms with van der Waals surface area (Å²) in [4.78, 5) is 29.7. The van der Waals surface area contributed by atoms with Gasteiger partial charge >= 0.3 is 5.69 Å². The van der Waals surface area contributed by atoms with E-state index in [0.29, 0.717) is 23.7 Å². The van der Waals surface area contributed by atoms with Crippen molar-refractivity contribution in [3.05, 3.63) is 34.4 Å². The number of likely N-dealkylation sites (N-methyl/N-ethyl adjacent to an activating group) is 1. The lowest BCUT2D eigenvalue weighted by molar-refractivity contribution is 0.254. The Bertz CT molecular complexity index is 1080. The highest BCUT2D eigenvalue weighted by molar-refractivity contribution is 7.69. The van der Waals surface area contributed by atoms with Gasteiger partial charge in [0.15, 0.2) is 17.0 Å². The number of hydrogen-bond acceptors (Lipinski definition) is 8. The van der Waals surface area contributed by atoms with E-state index in [-0.39, 0.29) is 23.6 Å². The van der Waals surface area contributed by atoms with Crippen molar-refractivity contribution in [2.45, 2.75) is 6.54 Å². The third-order valence-electron chi connectivity index (χ3n) is 4.05. The number of aromatic nitrogens is 5. The summed E-state index contributed by atoms with van der Waals surface area (Å²) < 4.78 is 19.4. The number of nitrogens with two attached hydrogens (primary N) is 1. The van der Waals surface area contributed by atoms with Gasteiger partial charge in [0, 0.05) is 18.8 Å². The smallest absolute Gasteiger partial charge is 0.328 e. The summed E-state index contributed by atoms with van der Waals surface area (Å²) >= 11 is 0. The van der Waals surface area contributed by atoms with Gasteiger partial charge in [0.25, 0.3) is 0 Å². The van der Waals surface area contributed by atoms with Gasteiger partial charge in [-0.1, -0.05) is 6.07 Å². The van der Waals surface area contributed by atoms with Crippen LogP contribution in [0.25, 0.3) is 11.2 Å². The van der Waals surface area contributed by atoms with Crippen molar-refractivity contribution >= 4 is 29.7 Å². The number of nitrogens with zero attached hydrogens (tertiary/aromatic N) is 5. The molecule has 10 nitrogen and oxygen atoms in total. The third-order valence-corrected chi connectivity index (χ3v) is 5.21. The standard InChI is InChI=1S/C17H24N7O3P/c1-23(2)7-8-27-12-6-5-11(9-19-12)10-24-15-13(20-17(24)25)14(18)21-16(22-15)28(3,4)26/h5-6,9H,7-8,10H2,1-4H3,(H,20,25)(H2,18,21,22). The lowest BCUT2D eigenvalue weighted by Gasteiger charge is -2.11. The number of aromatic amines is 1. The van der Waals surface area contributed by atoms with Crippen LogP contribution < -0.4 is 21.7 Å². The zero-order valence-corrected chi connectivity index (χ0v) is 17.2. The molecular weight excluding hydrogens is 381 g/mol. The van der Waals surface area contributed by atoms with Gasteiger partial charge in [0.1, 0.15) is 19.3 Å². The molecule has 3 aromatic heterocycles. The SMILES string of the molecule is CN(C)CCOc1ccc(Cn2c(=O)[nH]c3c(N)nc(P(C)(C)=O)nc32)cn1. The second kappa shape index (κ2) is 7.73. The first-order valence-electron chi connectivity index (χ1n) is 8.69. The summed E-state index contributed by atoms with van der Waals surface area (Å²) in [6, 6.07) is 3.59. The van der Waals surface area contributed by atoms with Crippen LogP contribution in [-0.4, -0.2) is 70.0 Å². The molecule has 0 amide bonds. The van der Waals surface area contributed by atoms with Gasteiger partial charge in [-0.25, -0.2) is 19.7 Å². The van der Waals surface area contributed by atoms with E-state index in [1.54, 1.807) is 25.6 Å². The molecule has 150 valence electrons. The Morgan fingerprint density at radius 1 is 1.29 bits per heavy atom.